The maximum Gasteiger partial charge on any atom is 0.338 e. The van der Waals surface area contributed by atoms with Crippen LogP contribution in [0.3, 0.4) is 0 Å². The first-order valence-electron chi connectivity index (χ1n) is 17.5. The second-order valence-electron chi connectivity index (χ2n) is 15.9. The molecule has 0 aliphatic carbocycles. The Balaban J connectivity index is 2.60. The number of carbonyl (C=O) groups is 1. The normalized spacial score (nSPS) is 35.1. The van der Waals surface area contributed by atoms with Crippen LogP contribution in [0.5, 0.6) is 0 Å². The Morgan fingerprint density at radius 1 is 1.04 bits per heavy atom. The van der Waals surface area contributed by atoms with Crippen molar-refractivity contribution in [2.24, 2.45) is 17.3 Å². The molecule has 0 spiro atoms. The number of aliphatic hydroxyl groups excluding tert-OH is 1. The van der Waals surface area contributed by atoms with Crippen molar-refractivity contribution in [2.75, 3.05) is 41.8 Å². The molecule has 2 saturated heterocycles. The summed E-state index contributed by atoms with van der Waals surface area (Å²) in [6.45, 7) is 21.1. The number of fused-ring (bicyclic) bond motifs is 2. The monoisotopic (exact) mass is 704 g/mol. The van der Waals surface area contributed by atoms with E-state index >= 15 is 0 Å². The Hall–Kier alpha value is -0.933. The van der Waals surface area contributed by atoms with Crippen LogP contribution in [0.2, 0.25) is 18.1 Å². The molecule has 0 saturated carbocycles. The Kier molecular flexibility index (Phi) is 16.2. The van der Waals surface area contributed by atoms with E-state index in [4.69, 9.17) is 37.6 Å². The first-order valence-corrected chi connectivity index (χ1v) is 20.4. The molecule has 2 bridgehead atoms. The summed E-state index contributed by atoms with van der Waals surface area (Å²) >= 11 is 0. The average molecular weight is 705 g/mol. The molecular weight excluding hydrogens is 636 g/mol. The Morgan fingerprint density at radius 3 is 2.17 bits per heavy atom. The standard InChI is InChI=1S/C36H68O11Si/c1-15-25(21-45-48(13,14)34(4,5)6)16-23(2)28-17-26(41-10)20-31(37)35(7,8)36(39)24(3)29(42-11)18-27(47-36)19-30(43-12)32(33(38)46-28)44-22-40-9/h16,24-32,37,39H,15,17-22H2,1-14H3/b23-16-/t24-,25?,26-,27-,28+,29-,30-,31+,32+,36?/m1/s1. The van der Waals surface area contributed by atoms with Gasteiger partial charge < -0.3 is 47.8 Å². The number of aliphatic hydroxyl groups is 2. The minimum absolute atomic E-state index is 0.0824. The molecule has 11 nitrogen and oxygen atoms in total. The van der Waals surface area contributed by atoms with E-state index in [1.54, 1.807) is 28.1 Å². The van der Waals surface area contributed by atoms with Crippen LogP contribution >= 0.6 is 0 Å². The Bertz CT molecular complexity index is 1030. The van der Waals surface area contributed by atoms with Crippen LogP contribution in [0.4, 0.5) is 0 Å². The number of carbonyl (C=O) groups excluding carboxylic acids is 1. The quantitative estimate of drug-likeness (QED) is 0.114. The predicted molar refractivity (Wildman–Crippen MR) is 187 cm³/mol. The molecule has 2 aliphatic rings. The summed E-state index contributed by atoms with van der Waals surface area (Å²) in [5.41, 5.74) is -0.283. The van der Waals surface area contributed by atoms with Crippen molar-refractivity contribution in [1.82, 2.24) is 0 Å². The van der Waals surface area contributed by atoms with E-state index in [0.29, 0.717) is 13.0 Å². The van der Waals surface area contributed by atoms with Crippen molar-refractivity contribution in [1.29, 1.82) is 0 Å². The number of rotatable bonds is 12. The Labute approximate surface area is 291 Å². The summed E-state index contributed by atoms with van der Waals surface area (Å²) in [6, 6.07) is 0. The van der Waals surface area contributed by atoms with E-state index in [9.17, 15) is 15.0 Å². The summed E-state index contributed by atoms with van der Waals surface area (Å²) in [6.07, 6.45) is -1.10. The fourth-order valence-electron chi connectivity index (χ4n) is 6.52. The minimum Gasteiger partial charge on any atom is -0.456 e. The molecule has 0 aromatic heterocycles. The highest BCUT2D eigenvalue weighted by Crippen LogP contribution is 2.49. The number of hydrogen-bond donors (Lipinski definition) is 2. The SMILES string of the molecule is CCC(/C=C(/C)[C@@H]1C[C@@H](OC)C[C@H](O)C(C)(C)C2(O)O[C@@H](C[C@@H](OC)[C@H](OCOC)C(=O)O1)C[C@@H](OC)[C@H]2C)CO[Si](C)(C)C(C)(C)C. The van der Waals surface area contributed by atoms with Gasteiger partial charge in [-0.15, -0.1) is 0 Å². The van der Waals surface area contributed by atoms with Crippen LogP contribution in [-0.4, -0.2) is 115 Å². The van der Waals surface area contributed by atoms with E-state index in [0.717, 1.165) is 12.0 Å². The van der Waals surface area contributed by atoms with Gasteiger partial charge in [0.2, 0.25) is 0 Å². The van der Waals surface area contributed by atoms with Crippen LogP contribution in [0.1, 0.15) is 87.5 Å². The summed E-state index contributed by atoms with van der Waals surface area (Å²) in [7, 11) is 4.18. The molecule has 0 radical (unpaired) electrons. The van der Waals surface area contributed by atoms with Crippen molar-refractivity contribution >= 4 is 14.3 Å². The van der Waals surface area contributed by atoms with Crippen LogP contribution in [0.25, 0.3) is 0 Å². The van der Waals surface area contributed by atoms with Crippen molar-refractivity contribution in [3.63, 3.8) is 0 Å². The van der Waals surface area contributed by atoms with Gasteiger partial charge in [0.15, 0.2) is 20.2 Å². The topological polar surface area (TPSA) is 131 Å². The third-order valence-electron chi connectivity index (χ3n) is 11.4. The van der Waals surface area contributed by atoms with Gasteiger partial charge in [0.05, 0.1) is 30.5 Å². The molecule has 282 valence electrons. The molecule has 2 aliphatic heterocycles. The first-order chi connectivity index (χ1) is 22.2. The highest BCUT2D eigenvalue weighted by Gasteiger charge is 2.59. The lowest BCUT2D eigenvalue weighted by molar-refractivity contribution is -0.365. The largest absolute Gasteiger partial charge is 0.456 e. The zero-order chi connectivity index (χ0) is 36.7. The van der Waals surface area contributed by atoms with E-state index in [-0.39, 0.29) is 43.1 Å². The van der Waals surface area contributed by atoms with Crippen LogP contribution in [-0.2, 0) is 42.4 Å². The zero-order valence-electron chi connectivity index (χ0n) is 32.3. The fourth-order valence-corrected chi connectivity index (χ4v) is 7.58. The van der Waals surface area contributed by atoms with Gasteiger partial charge in [0.1, 0.15) is 12.9 Å². The number of methoxy groups -OCH3 is 4. The molecule has 10 atom stereocenters. The lowest BCUT2D eigenvalue weighted by Crippen LogP contribution is -2.65. The molecule has 0 amide bonds. The van der Waals surface area contributed by atoms with Crippen molar-refractivity contribution in [3.8, 4) is 0 Å². The molecule has 0 aromatic carbocycles. The molecule has 48 heavy (non-hydrogen) atoms. The van der Waals surface area contributed by atoms with Gasteiger partial charge >= 0.3 is 5.97 Å². The predicted octanol–water partition coefficient (Wildman–Crippen LogP) is 5.61. The van der Waals surface area contributed by atoms with Crippen LogP contribution < -0.4 is 0 Å². The van der Waals surface area contributed by atoms with Gasteiger partial charge in [-0.05, 0) is 43.0 Å². The van der Waals surface area contributed by atoms with E-state index in [1.165, 1.54) is 14.2 Å². The lowest BCUT2D eigenvalue weighted by atomic mass is 9.67. The maximum atomic E-state index is 14.0. The van der Waals surface area contributed by atoms with Crippen molar-refractivity contribution < 1.29 is 52.6 Å². The van der Waals surface area contributed by atoms with Crippen LogP contribution in [0, 0.1) is 17.3 Å². The lowest BCUT2D eigenvalue weighted by Gasteiger charge is -2.55. The number of cyclic esters (lactones) is 1. The molecule has 2 unspecified atom stereocenters. The fraction of sp³-hybridized carbons (Fsp3) is 0.917. The second-order valence-corrected chi connectivity index (χ2v) is 20.7. The van der Waals surface area contributed by atoms with Gasteiger partial charge in [0.25, 0.3) is 0 Å². The summed E-state index contributed by atoms with van der Waals surface area (Å²) < 4.78 is 48.0. The summed E-state index contributed by atoms with van der Waals surface area (Å²) in [5.74, 6) is -2.75. The highest BCUT2D eigenvalue weighted by molar-refractivity contribution is 6.74. The Morgan fingerprint density at radius 2 is 1.65 bits per heavy atom. The van der Waals surface area contributed by atoms with Gasteiger partial charge in [-0.25, -0.2) is 4.79 Å². The van der Waals surface area contributed by atoms with Gasteiger partial charge in [0, 0.05) is 72.1 Å². The molecule has 2 rings (SSSR count). The third kappa shape index (κ3) is 10.3. The average Bonchev–Trinajstić information content (AvgIpc) is 3.01. The van der Waals surface area contributed by atoms with Crippen molar-refractivity contribution in [3.05, 3.63) is 11.6 Å². The van der Waals surface area contributed by atoms with Crippen molar-refractivity contribution in [2.45, 2.75) is 154 Å². The van der Waals surface area contributed by atoms with E-state index in [1.807, 2.05) is 13.8 Å². The number of hydrogen-bond acceptors (Lipinski definition) is 11. The highest BCUT2D eigenvalue weighted by atomic mass is 28.4. The van der Waals surface area contributed by atoms with E-state index in [2.05, 4.69) is 46.9 Å². The molecule has 0 aromatic rings. The number of esters is 1. The molecule has 2 N–H and O–H groups in total. The second kappa shape index (κ2) is 18.0. The first kappa shape index (κ1) is 43.2. The summed E-state index contributed by atoms with van der Waals surface area (Å²) in [5, 5.41) is 24.1. The number of ether oxygens (including phenoxy) is 7. The maximum absolute atomic E-state index is 14.0. The molecule has 2 heterocycles. The van der Waals surface area contributed by atoms with E-state index < -0.39 is 68.0 Å². The van der Waals surface area contributed by atoms with Gasteiger partial charge in [-0.2, -0.15) is 0 Å². The smallest absolute Gasteiger partial charge is 0.338 e. The molecule has 12 heteroatoms. The van der Waals surface area contributed by atoms with Gasteiger partial charge in [-0.3, -0.25) is 0 Å². The summed E-state index contributed by atoms with van der Waals surface area (Å²) in [4.78, 5) is 14.0. The zero-order valence-corrected chi connectivity index (χ0v) is 33.3. The molecule has 2 fully saturated rings. The molecular formula is C36H68O11Si. The third-order valence-corrected chi connectivity index (χ3v) is 15.9. The van der Waals surface area contributed by atoms with Gasteiger partial charge in [-0.1, -0.05) is 54.5 Å². The van der Waals surface area contributed by atoms with Crippen LogP contribution in [0.15, 0.2) is 11.6 Å². The minimum atomic E-state index is -1.97.